The third-order valence-electron chi connectivity index (χ3n) is 3.10. The number of hydrogen-bond acceptors (Lipinski definition) is 4. The fourth-order valence-electron chi connectivity index (χ4n) is 2.11. The molecule has 0 N–H and O–H groups in total. The molecule has 0 saturated carbocycles. The average Bonchev–Trinajstić information content (AvgIpc) is 2.49. The molecule has 0 unspecified atom stereocenters. The highest BCUT2D eigenvalue weighted by molar-refractivity contribution is 5.69. The Morgan fingerprint density at radius 3 is 2.33 bits per heavy atom. The van der Waals surface area contributed by atoms with Crippen molar-refractivity contribution in [1.82, 2.24) is 0 Å². The normalized spacial score (nSPS) is 10.0. The van der Waals surface area contributed by atoms with E-state index < -0.39 is 0 Å². The zero-order chi connectivity index (χ0) is 15.2. The Hall–Kier alpha value is -2.49. The molecule has 110 valence electrons. The number of ether oxygens (including phenoxy) is 3. The molecule has 0 fully saturated rings. The first-order valence-electron chi connectivity index (χ1n) is 6.61. The van der Waals surface area contributed by atoms with Crippen molar-refractivity contribution in [2.45, 2.75) is 13.3 Å². The van der Waals surface area contributed by atoms with Crippen LogP contribution in [-0.4, -0.2) is 20.2 Å². The maximum atomic E-state index is 11.2. The van der Waals surface area contributed by atoms with E-state index in [4.69, 9.17) is 14.2 Å². The lowest BCUT2D eigenvalue weighted by atomic mass is 10.0. The van der Waals surface area contributed by atoms with E-state index in [2.05, 4.69) is 0 Å². The summed E-state index contributed by atoms with van der Waals surface area (Å²) in [6.45, 7) is 1.39. The summed E-state index contributed by atoms with van der Waals surface area (Å²) < 4.78 is 15.8. The quantitative estimate of drug-likeness (QED) is 0.625. The highest BCUT2D eigenvalue weighted by Gasteiger charge is 2.10. The maximum absolute atomic E-state index is 11.2. The Labute approximate surface area is 124 Å². The predicted octanol–water partition coefficient (Wildman–Crippen LogP) is 3.22. The topological polar surface area (TPSA) is 44.8 Å². The van der Waals surface area contributed by atoms with Crippen molar-refractivity contribution < 1.29 is 19.0 Å². The molecule has 0 saturated heterocycles. The zero-order valence-electron chi connectivity index (χ0n) is 12.4. The number of hydrogen-bond donors (Lipinski definition) is 0. The van der Waals surface area contributed by atoms with E-state index in [1.54, 1.807) is 20.3 Å². The SMILES string of the molecule is COc1ccc(Cc2ccccc2OC(C)=O)c(OC)c1. The smallest absolute Gasteiger partial charge is 0.308 e. The fraction of sp³-hybridized carbons (Fsp3) is 0.235. The van der Waals surface area contributed by atoms with E-state index in [0.717, 1.165) is 22.6 Å². The first kappa shape index (κ1) is 14.9. The van der Waals surface area contributed by atoms with Crippen LogP contribution in [0, 0.1) is 0 Å². The van der Waals surface area contributed by atoms with Gasteiger partial charge in [-0.2, -0.15) is 0 Å². The molecule has 0 radical (unpaired) electrons. The van der Waals surface area contributed by atoms with Crippen LogP contribution in [0.3, 0.4) is 0 Å². The highest BCUT2D eigenvalue weighted by Crippen LogP contribution is 2.29. The average molecular weight is 286 g/mol. The van der Waals surface area contributed by atoms with Gasteiger partial charge in [-0.05, 0) is 23.3 Å². The lowest BCUT2D eigenvalue weighted by Gasteiger charge is -2.12. The van der Waals surface area contributed by atoms with Crippen LogP contribution in [0.25, 0.3) is 0 Å². The summed E-state index contributed by atoms with van der Waals surface area (Å²) in [5.74, 6) is 1.72. The summed E-state index contributed by atoms with van der Waals surface area (Å²) in [6.07, 6.45) is 0.608. The molecule has 0 spiro atoms. The van der Waals surface area contributed by atoms with Crippen LogP contribution in [0.1, 0.15) is 18.1 Å². The van der Waals surface area contributed by atoms with Crippen molar-refractivity contribution in [3.63, 3.8) is 0 Å². The molecule has 0 atom stereocenters. The van der Waals surface area contributed by atoms with Gasteiger partial charge in [-0.1, -0.05) is 24.3 Å². The highest BCUT2D eigenvalue weighted by atomic mass is 16.5. The molecule has 0 aliphatic rings. The second-order valence-corrected chi connectivity index (χ2v) is 4.56. The van der Waals surface area contributed by atoms with Crippen LogP contribution in [0.15, 0.2) is 42.5 Å². The minimum absolute atomic E-state index is 0.329. The number of methoxy groups -OCH3 is 2. The van der Waals surface area contributed by atoms with E-state index >= 15 is 0 Å². The van der Waals surface area contributed by atoms with Crippen molar-refractivity contribution in [3.05, 3.63) is 53.6 Å². The second kappa shape index (κ2) is 6.79. The Bertz CT molecular complexity index is 634. The van der Waals surface area contributed by atoms with E-state index in [1.165, 1.54) is 6.92 Å². The zero-order valence-corrected chi connectivity index (χ0v) is 12.4. The molecule has 2 rings (SSSR count). The maximum Gasteiger partial charge on any atom is 0.308 e. The molecule has 4 nitrogen and oxygen atoms in total. The van der Waals surface area contributed by atoms with E-state index in [-0.39, 0.29) is 5.97 Å². The van der Waals surface area contributed by atoms with Crippen LogP contribution in [-0.2, 0) is 11.2 Å². The van der Waals surface area contributed by atoms with Crippen LogP contribution in [0.4, 0.5) is 0 Å². The van der Waals surface area contributed by atoms with E-state index in [9.17, 15) is 4.79 Å². The van der Waals surface area contributed by atoms with Gasteiger partial charge in [-0.15, -0.1) is 0 Å². The fourth-order valence-corrected chi connectivity index (χ4v) is 2.11. The summed E-state index contributed by atoms with van der Waals surface area (Å²) >= 11 is 0. The number of benzene rings is 2. The molecule has 4 heteroatoms. The Morgan fingerprint density at radius 2 is 1.67 bits per heavy atom. The molecule has 0 bridgehead atoms. The lowest BCUT2D eigenvalue weighted by Crippen LogP contribution is -2.04. The second-order valence-electron chi connectivity index (χ2n) is 4.56. The predicted molar refractivity (Wildman–Crippen MR) is 80.1 cm³/mol. The lowest BCUT2D eigenvalue weighted by molar-refractivity contribution is -0.131. The molecule has 0 aliphatic heterocycles. The van der Waals surface area contributed by atoms with Gasteiger partial charge in [0.2, 0.25) is 0 Å². The van der Waals surface area contributed by atoms with Crippen molar-refractivity contribution in [2.75, 3.05) is 14.2 Å². The number of rotatable bonds is 5. The van der Waals surface area contributed by atoms with Gasteiger partial charge in [0.1, 0.15) is 17.2 Å². The molecule has 0 amide bonds. The Morgan fingerprint density at radius 1 is 0.952 bits per heavy atom. The number of carbonyl (C=O) groups is 1. The van der Waals surface area contributed by atoms with Gasteiger partial charge < -0.3 is 14.2 Å². The Kier molecular flexibility index (Phi) is 4.82. The van der Waals surface area contributed by atoms with Crippen molar-refractivity contribution in [2.24, 2.45) is 0 Å². The van der Waals surface area contributed by atoms with Crippen molar-refractivity contribution in [3.8, 4) is 17.2 Å². The summed E-state index contributed by atoms with van der Waals surface area (Å²) in [7, 11) is 3.24. The van der Waals surface area contributed by atoms with Gasteiger partial charge in [-0.25, -0.2) is 0 Å². The standard InChI is InChI=1S/C17H18O4/c1-12(18)21-16-7-5-4-6-13(16)10-14-8-9-15(19-2)11-17(14)20-3/h4-9,11H,10H2,1-3H3. The number of para-hydroxylation sites is 1. The summed E-state index contributed by atoms with van der Waals surface area (Å²) in [6, 6.07) is 13.1. The molecule has 2 aromatic carbocycles. The first-order valence-corrected chi connectivity index (χ1v) is 6.61. The first-order chi connectivity index (χ1) is 10.1. The molecular weight excluding hydrogens is 268 g/mol. The number of carbonyl (C=O) groups excluding carboxylic acids is 1. The van der Waals surface area contributed by atoms with Gasteiger partial charge in [0.05, 0.1) is 14.2 Å². The largest absolute Gasteiger partial charge is 0.497 e. The monoisotopic (exact) mass is 286 g/mol. The minimum atomic E-state index is -0.329. The third-order valence-corrected chi connectivity index (χ3v) is 3.10. The van der Waals surface area contributed by atoms with E-state index in [0.29, 0.717) is 12.2 Å². The van der Waals surface area contributed by atoms with Crippen LogP contribution in [0.2, 0.25) is 0 Å². The number of esters is 1. The molecular formula is C17H18O4. The Balaban J connectivity index is 2.32. The van der Waals surface area contributed by atoms with Gasteiger partial charge in [0.15, 0.2) is 0 Å². The van der Waals surface area contributed by atoms with Gasteiger partial charge >= 0.3 is 5.97 Å². The van der Waals surface area contributed by atoms with Gasteiger partial charge in [-0.3, -0.25) is 4.79 Å². The van der Waals surface area contributed by atoms with Crippen molar-refractivity contribution >= 4 is 5.97 Å². The molecule has 0 aromatic heterocycles. The molecule has 21 heavy (non-hydrogen) atoms. The molecule has 0 heterocycles. The van der Waals surface area contributed by atoms with E-state index in [1.807, 2.05) is 36.4 Å². The third kappa shape index (κ3) is 3.75. The minimum Gasteiger partial charge on any atom is -0.497 e. The van der Waals surface area contributed by atoms with Crippen LogP contribution in [0.5, 0.6) is 17.2 Å². The molecule has 2 aromatic rings. The van der Waals surface area contributed by atoms with Gasteiger partial charge in [0.25, 0.3) is 0 Å². The molecule has 0 aliphatic carbocycles. The summed E-state index contributed by atoms with van der Waals surface area (Å²) in [5.41, 5.74) is 1.93. The van der Waals surface area contributed by atoms with Crippen molar-refractivity contribution in [1.29, 1.82) is 0 Å². The van der Waals surface area contributed by atoms with Gasteiger partial charge in [0, 0.05) is 19.4 Å². The summed E-state index contributed by atoms with van der Waals surface area (Å²) in [4.78, 5) is 11.2. The summed E-state index contributed by atoms with van der Waals surface area (Å²) in [5, 5.41) is 0. The van der Waals surface area contributed by atoms with Crippen LogP contribution < -0.4 is 14.2 Å². The van der Waals surface area contributed by atoms with Crippen LogP contribution >= 0.6 is 0 Å².